The van der Waals surface area contributed by atoms with Gasteiger partial charge in [0.15, 0.2) is 22.4 Å². The van der Waals surface area contributed by atoms with Gasteiger partial charge in [-0.05, 0) is 124 Å². The van der Waals surface area contributed by atoms with E-state index in [1.807, 2.05) is 26.0 Å². The van der Waals surface area contributed by atoms with Crippen molar-refractivity contribution in [1.29, 1.82) is 0 Å². The van der Waals surface area contributed by atoms with Crippen LogP contribution >= 0.6 is 0 Å². The Morgan fingerprint density at radius 3 is 2.15 bits per heavy atom. The molecule has 7 nitrogen and oxygen atoms in total. The fraction of sp³-hybridized carbons (Fsp3) is 0.761. The van der Waals surface area contributed by atoms with Crippen LogP contribution in [0.15, 0.2) is 48.1 Å². The number of rotatable bonds is 17. The second-order valence-corrected chi connectivity index (χ2v) is 29.9. The lowest BCUT2D eigenvalue weighted by atomic mass is 9.63. The molecule has 0 N–H and O–H groups in total. The third-order valence-electron chi connectivity index (χ3n) is 13.7. The molecule has 9 heteroatoms. The number of carbonyl (C=O) groups excluding carboxylic acids is 1. The van der Waals surface area contributed by atoms with Crippen LogP contribution in [-0.2, 0) is 34.5 Å². The molecule has 0 aromatic heterocycles. The van der Waals surface area contributed by atoms with Crippen molar-refractivity contribution in [3.63, 3.8) is 0 Å². The normalized spacial score (nSPS) is 25.2. The molecule has 1 aromatic rings. The summed E-state index contributed by atoms with van der Waals surface area (Å²) in [5.74, 6) is 0.415. The number of methoxy groups -OCH3 is 1. The van der Waals surface area contributed by atoms with Crippen molar-refractivity contribution in [3.8, 4) is 5.75 Å². The molecule has 1 aromatic carbocycles. The van der Waals surface area contributed by atoms with Crippen LogP contribution in [0.4, 0.5) is 0 Å². The van der Waals surface area contributed by atoms with E-state index >= 15 is 0 Å². The van der Waals surface area contributed by atoms with Gasteiger partial charge < -0.3 is 27.8 Å². The number of allylic oxidation sites excluding steroid dienone is 3. The van der Waals surface area contributed by atoms with Crippen LogP contribution < -0.4 is 4.74 Å². The van der Waals surface area contributed by atoms with Gasteiger partial charge in [-0.15, -0.1) is 0 Å². The zero-order chi connectivity index (χ0) is 40.9. The lowest BCUT2D eigenvalue weighted by Gasteiger charge is -2.50. The molecule has 2 bridgehead atoms. The molecule has 5 atom stereocenters. The Balaban J connectivity index is 1.80. The van der Waals surface area contributed by atoms with Crippen LogP contribution in [-0.4, -0.2) is 67.3 Å². The number of unbranched alkanes of at least 4 members (excludes halogenated alkanes) is 3. The summed E-state index contributed by atoms with van der Waals surface area (Å²) in [7, 11) is -2.59. The lowest BCUT2D eigenvalue weighted by molar-refractivity contribution is -0.281. The molecule has 1 saturated carbocycles. The topological polar surface area (TPSA) is 72.5 Å². The van der Waals surface area contributed by atoms with Crippen LogP contribution in [0.3, 0.4) is 0 Å². The highest BCUT2D eigenvalue weighted by Gasteiger charge is 2.55. The second kappa shape index (κ2) is 18.5. The largest absolute Gasteiger partial charge is 0.497 e. The summed E-state index contributed by atoms with van der Waals surface area (Å²) in [5, 5.41) is 0.120. The zero-order valence-electron chi connectivity index (χ0n) is 37.3. The Morgan fingerprint density at radius 2 is 1.56 bits per heavy atom. The summed E-state index contributed by atoms with van der Waals surface area (Å²) in [4.78, 5) is 14.9. The van der Waals surface area contributed by atoms with Crippen molar-refractivity contribution in [2.75, 3.05) is 26.9 Å². The number of Topliss-reactive ketones (excluding diaryl/α,β-unsaturated/α-hetero) is 1. The maximum Gasteiger partial charge on any atom is 0.192 e. The fourth-order valence-electron chi connectivity index (χ4n) is 7.98. The summed E-state index contributed by atoms with van der Waals surface area (Å²) >= 11 is 0. The van der Waals surface area contributed by atoms with E-state index < -0.39 is 27.8 Å². The first-order valence-electron chi connectivity index (χ1n) is 21.2. The molecular formula is C46H78O7Si2. The molecule has 2 fully saturated rings. The van der Waals surface area contributed by atoms with E-state index in [4.69, 9.17) is 27.8 Å². The van der Waals surface area contributed by atoms with Gasteiger partial charge in [-0.2, -0.15) is 0 Å². The van der Waals surface area contributed by atoms with E-state index in [1.165, 1.54) is 12.0 Å². The molecule has 4 rings (SSSR count). The third kappa shape index (κ3) is 11.8. The first kappa shape index (κ1) is 46.1. The standard InChI is InChI=1S/C46H78O7Si2/c1-15-16-17-18-19-20-21-35-28-39-42(49-30-34-22-24-36(48-10)25-23-34)41(40(47)26-27-46(39)32-50-45(8,9)51-33-46)38(35)29-37(53-55(13,14)44(5,6)7)31-52-54(11,12)43(2,3)4/h15-16,22-25,28,35,37-38,41-42H,17-21,26-27,29-33H2,1-14H3/b16-15+/t35-,37+,38+,41+,42?/m1/s1. The van der Waals surface area contributed by atoms with E-state index in [9.17, 15) is 4.79 Å². The van der Waals surface area contributed by atoms with Crippen molar-refractivity contribution >= 4 is 22.4 Å². The summed E-state index contributed by atoms with van der Waals surface area (Å²) < 4.78 is 39.8. The molecule has 1 heterocycles. The van der Waals surface area contributed by atoms with Gasteiger partial charge >= 0.3 is 0 Å². The highest BCUT2D eigenvalue weighted by molar-refractivity contribution is 6.74. The van der Waals surface area contributed by atoms with Gasteiger partial charge in [-0.1, -0.05) is 84.7 Å². The van der Waals surface area contributed by atoms with Gasteiger partial charge in [0.2, 0.25) is 0 Å². The highest BCUT2D eigenvalue weighted by Crippen LogP contribution is 2.54. The molecule has 312 valence electrons. The predicted octanol–water partition coefficient (Wildman–Crippen LogP) is 11.8. The van der Waals surface area contributed by atoms with Gasteiger partial charge in [-0.25, -0.2) is 0 Å². The van der Waals surface area contributed by atoms with E-state index in [1.54, 1.807) is 7.11 Å². The predicted molar refractivity (Wildman–Crippen MR) is 231 cm³/mol. The van der Waals surface area contributed by atoms with Crippen LogP contribution in [0.1, 0.15) is 119 Å². The summed E-state index contributed by atoms with van der Waals surface area (Å²) in [6, 6.07) is 8.07. The smallest absolute Gasteiger partial charge is 0.192 e. The number of benzene rings is 1. The first-order chi connectivity index (χ1) is 25.5. The SMILES string of the molecule is C/C=C/CCCCC[C@@H]1C=C2C(OCc3ccc(OC)cc3)[C@H](C(=O)CCC23COC(C)(C)OC3)[C@H]1C[C@@H](CO[Si](C)(C)C(C)(C)C)O[Si](C)(C)C(C)(C)C. The van der Waals surface area contributed by atoms with Crippen molar-refractivity contribution in [3.05, 3.63) is 53.6 Å². The van der Waals surface area contributed by atoms with E-state index in [2.05, 4.69) is 105 Å². The van der Waals surface area contributed by atoms with E-state index in [0.29, 0.717) is 45.1 Å². The van der Waals surface area contributed by atoms with Gasteiger partial charge in [0.25, 0.3) is 0 Å². The molecule has 1 saturated heterocycles. The van der Waals surface area contributed by atoms with Crippen LogP contribution in [0.25, 0.3) is 0 Å². The van der Waals surface area contributed by atoms with Gasteiger partial charge in [-0.3, -0.25) is 4.79 Å². The first-order valence-corrected chi connectivity index (χ1v) is 27.1. The number of hydrogen-bond acceptors (Lipinski definition) is 7. The van der Waals surface area contributed by atoms with Crippen molar-refractivity contribution < 1.29 is 32.6 Å². The minimum absolute atomic E-state index is 0.0392. The second-order valence-electron chi connectivity index (χ2n) is 20.3. The molecule has 55 heavy (non-hydrogen) atoms. The molecule has 1 unspecified atom stereocenters. The maximum absolute atomic E-state index is 14.9. The van der Waals surface area contributed by atoms with Crippen molar-refractivity contribution in [2.24, 2.45) is 23.2 Å². The number of carbonyl (C=O) groups is 1. The van der Waals surface area contributed by atoms with E-state index in [0.717, 1.165) is 43.4 Å². The molecule has 2 aliphatic carbocycles. The van der Waals surface area contributed by atoms with Gasteiger partial charge in [0, 0.05) is 11.8 Å². The van der Waals surface area contributed by atoms with Crippen molar-refractivity contribution in [2.45, 2.75) is 175 Å². The fourth-order valence-corrected chi connectivity index (χ4v) is 10.4. The summed E-state index contributed by atoms with van der Waals surface area (Å²) in [6.07, 6.45) is 14.0. The molecule has 0 amide bonds. The number of fused-ring (bicyclic) bond motifs is 3. The lowest BCUT2D eigenvalue weighted by Crippen LogP contribution is -2.53. The Hall–Kier alpha value is -1.60. The van der Waals surface area contributed by atoms with Crippen LogP contribution in [0.2, 0.25) is 36.3 Å². The van der Waals surface area contributed by atoms with Crippen molar-refractivity contribution in [1.82, 2.24) is 0 Å². The average Bonchev–Trinajstić information content (AvgIpc) is 3.17. The van der Waals surface area contributed by atoms with Crippen LogP contribution in [0.5, 0.6) is 5.75 Å². The molecule has 0 radical (unpaired) electrons. The summed E-state index contributed by atoms with van der Waals surface area (Å²) in [6.45, 7) is 31.2. The minimum Gasteiger partial charge on any atom is -0.497 e. The van der Waals surface area contributed by atoms with Gasteiger partial charge in [0.1, 0.15) is 11.5 Å². The number of hydrogen-bond donors (Lipinski definition) is 0. The monoisotopic (exact) mass is 799 g/mol. The Morgan fingerprint density at radius 1 is 0.927 bits per heavy atom. The molecular weight excluding hydrogens is 721 g/mol. The Bertz CT molecular complexity index is 1440. The third-order valence-corrected chi connectivity index (χ3v) is 22.8. The Labute approximate surface area is 337 Å². The van der Waals surface area contributed by atoms with Crippen LogP contribution in [0, 0.1) is 23.2 Å². The number of ether oxygens (including phenoxy) is 4. The highest BCUT2D eigenvalue weighted by atomic mass is 28.4. The Kier molecular flexibility index (Phi) is 15.5. The molecule has 1 spiro atoms. The van der Waals surface area contributed by atoms with E-state index in [-0.39, 0.29) is 40.0 Å². The molecule has 1 aliphatic heterocycles. The summed E-state index contributed by atoms with van der Waals surface area (Å²) in [5.41, 5.74) is 1.85. The maximum atomic E-state index is 14.9. The van der Waals surface area contributed by atoms with Gasteiger partial charge in [0.05, 0.1) is 51.7 Å². The zero-order valence-corrected chi connectivity index (χ0v) is 39.3. The number of ketones is 1. The quantitative estimate of drug-likeness (QED) is 0.0883. The minimum atomic E-state index is -2.20. The average molecular weight is 799 g/mol. The molecule has 3 aliphatic rings.